The monoisotopic (exact) mass is 237 g/mol. The summed E-state index contributed by atoms with van der Waals surface area (Å²) in [5.74, 6) is 0.789. The summed E-state index contributed by atoms with van der Waals surface area (Å²) >= 11 is 0. The molecule has 17 heavy (non-hydrogen) atoms. The number of aromatic nitrogens is 2. The number of nitrogen functional groups attached to an aromatic ring is 1. The molecule has 0 aromatic carbocycles. The molecule has 1 aliphatic carbocycles. The van der Waals surface area contributed by atoms with Crippen molar-refractivity contribution >= 4 is 11.8 Å². The van der Waals surface area contributed by atoms with Crippen molar-refractivity contribution in [1.29, 1.82) is 0 Å². The summed E-state index contributed by atoms with van der Waals surface area (Å²) in [5.41, 5.74) is 6.16. The average molecular weight is 237 g/mol. The first-order chi connectivity index (χ1) is 8.13. The third-order valence-corrected chi connectivity index (χ3v) is 3.15. The van der Waals surface area contributed by atoms with Crippen LogP contribution in [0.25, 0.3) is 0 Å². The van der Waals surface area contributed by atoms with Crippen molar-refractivity contribution in [2.75, 3.05) is 12.3 Å². The molecule has 2 N–H and O–H groups in total. The first-order valence-electron chi connectivity index (χ1n) is 6.12. The molecule has 1 saturated carbocycles. The van der Waals surface area contributed by atoms with Gasteiger partial charge in [0.1, 0.15) is 5.82 Å². The summed E-state index contributed by atoms with van der Waals surface area (Å²) in [4.78, 5) is 15.6. The molecule has 1 aliphatic rings. The Morgan fingerprint density at radius 1 is 1.71 bits per heavy atom. The first-order valence-corrected chi connectivity index (χ1v) is 6.12. The van der Waals surface area contributed by atoms with Gasteiger partial charge in [0, 0.05) is 6.04 Å². The molecule has 1 heterocycles. The van der Waals surface area contributed by atoms with E-state index in [0.29, 0.717) is 12.4 Å². The topological polar surface area (TPSA) is 70.1 Å². The Hall–Kier alpha value is -1.52. The molecule has 0 aliphatic heterocycles. The average Bonchev–Trinajstić information content (AvgIpc) is 2.99. The Kier molecular flexibility index (Phi) is 3.36. The predicted molar refractivity (Wildman–Crippen MR) is 64.6 cm³/mol. The Morgan fingerprint density at radius 3 is 3.00 bits per heavy atom. The smallest absolute Gasteiger partial charge is 0.360 e. The number of hydrogen-bond acceptors (Lipinski definition) is 4. The Bertz CT molecular complexity index is 410. The number of nitrogens with zero attached hydrogens (tertiary/aromatic N) is 2. The van der Waals surface area contributed by atoms with Crippen LogP contribution in [-0.2, 0) is 4.74 Å². The molecule has 0 amide bonds. The van der Waals surface area contributed by atoms with Crippen molar-refractivity contribution in [3.63, 3.8) is 0 Å². The molecule has 0 spiro atoms. The van der Waals surface area contributed by atoms with Crippen LogP contribution in [0.5, 0.6) is 0 Å². The van der Waals surface area contributed by atoms with Crippen LogP contribution in [0.15, 0.2) is 6.33 Å². The second-order valence-electron chi connectivity index (χ2n) is 4.63. The van der Waals surface area contributed by atoms with Crippen LogP contribution in [0.4, 0.5) is 5.82 Å². The molecule has 0 radical (unpaired) electrons. The summed E-state index contributed by atoms with van der Waals surface area (Å²) in [6.45, 7) is 4.20. The van der Waals surface area contributed by atoms with Gasteiger partial charge in [0.25, 0.3) is 0 Å². The minimum absolute atomic E-state index is 0.231. The highest BCUT2D eigenvalue weighted by Crippen LogP contribution is 2.37. The van der Waals surface area contributed by atoms with Gasteiger partial charge in [-0.05, 0) is 26.2 Å². The lowest BCUT2D eigenvalue weighted by Crippen LogP contribution is -2.12. The van der Waals surface area contributed by atoms with Gasteiger partial charge in [0.2, 0.25) is 0 Å². The normalized spacial score (nSPS) is 16.8. The highest BCUT2D eigenvalue weighted by atomic mass is 16.5. The third kappa shape index (κ3) is 2.60. The van der Waals surface area contributed by atoms with E-state index in [1.165, 1.54) is 12.8 Å². The van der Waals surface area contributed by atoms with Gasteiger partial charge in [-0.3, -0.25) is 0 Å². The van der Waals surface area contributed by atoms with Crippen molar-refractivity contribution in [2.45, 2.75) is 39.2 Å². The molecular weight excluding hydrogens is 218 g/mol. The molecule has 5 heteroatoms. The molecule has 1 fully saturated rings. The SMILES string of the molecule is CCOC(=O)c1ncn(C(C)CC2CC2)c1N. The summed E-state index contributed by atoms with van der Waals surface area (Å²) in [5, 5.41) is 0. The lowest BCUT2D eigenvalue weighted by Gasteiger charge is -2.14. The van der Waals surface area contributed by atoms with Crippen molar-refractivity contribution in [2.24, 2.45) is 5.92 Å². The molecule has 1 aromatic heterocycles. The van der Waals surface area contributed by atoms with Crippen molar-refractivity contribution in [3.05, 3.63) is 12.0 Å². The summed E-state index contributed by atoms with van der Waals surface area (Å²) in [6.07, 6.45) is 5.35. The van der Waals surface area contributed by atoms with Gasteiger partial charge in [0.15, 0.2) is 5.69 Å². The molecule has 0 saturated heterocycles. The van der Waals surface area contributed by atoms with Crippen LogP contribution >= 0.6 is 0 Å². The highest BCUT2D eigenvalue weighted by molar-refractivity contribution is 5.92. The number of rotatable bonds is 5. The standard InChI is InChI=1S/C12H19N3O2/c1-3-17-12(16)10-11(13)15(7-14-10)8(2)6-9-4-5-9/h7-9H,3-6,13H2,1-2H3. The maximum Gasteiger partial charge on any atom is 0.360 e. The number of anilines is 1. The zero-order chi connectivity index (χ0) is 12.4. The van der Waals surface area contributed by atoms with Gasteiger partial charge in [-0.25, -0.2) is 9.78 Å². The summed E-state index contributed by atoms with van der Waals surface area (Å²) in [7, 11) is 0. The van der Waals surface area contributed by atoms with Crippen molar-refractivity contribution < 1.29 is 9.53 Å². The molecule has 1 atom stereocenters. The Labute approximate surface area is 101 Å². The zero-order valence-electron chi connectivity index (χ0n) is 10.3. The number of esters is 1. The molecule has 1 unspecified atom stereocenters. The third-order valence-electron chi connectivity index (χ3n) is 3.15. The molecule has 2 rings (SSSR count). The molecule has 5 nitrogen and oxygen atoms in total. The maximum absolute atomic E-state index is 11.6. The maximum atomic E-state index is 11.6. The van der Waals surface area contributed by atoms with Crippen LogP contribution in [-0.4, -0.2) is 22.1 Å². The van der Waals surface area contributed by atoms with Gasteiger partial charge in [-0.1, -0.05) is 12.8 Å². The predicted octanol–water partition coefficient (Wildman–Crippen LogP) is 2.00. The number of hydrogen-bond donors (Lipinski definition) is 1. The zero-order valence-corrected chi connectivity index (χ0v) is 10.3. The fourth-order valence-corrected chi connectivity index (χ4v) is 2.03. The summed E-state index contributed by atoms with van der Waals surface area (Å²) < 4.78 is 6.77. The Morgan fingerprint density at radius 2 is 2.41 bits per heavy atom. The van der Waals surface area contributed by atoms with Crippen molar-refractivity contribution in [3.8, 4) is 0 Å². The van der Waals surface area contributed by atoms with Crippen LogP contribution in [0, 0.1) is 5.92 Å². The van der Waals surface area contributed by atoms with E-state index < -0.39 is 5.97 Å². The van der Waals surface area contributed by atoms with E-state index in [1.807, 2.05) is 4.57 Å². The quantitative estimate of drug-likeness (QED) is 0.795. The number of nitrogens with two attached hydrogens (primary N) is 1. The minimum atomic E-state index is -0.442. The highest BCUT2D eigenvalue weighted by Gasteiger charge is 2.26. The van der Waals surface area contributed by atoms with E-state index in [2.05, 4.69) is 11.9 Å². The number of carbonyl (C=O) groups is 1. The second-order valence-corrected chi connectivity index (χ2v) is 4.63. The lowest BCUT2D eigenvalue weighted by atomic mass is 10.1. The number of carbonyl (C=O) groups excluding carboxylic acids is 1. The first kappa shape index (κ1) is 12.0. The van der Waals surface area contributed by atoms with E-state index in [1.54, 1.807) is 13.3 Å². The van der Waals surface area contributed by atoms with E-state index in [-0.39, 0.29) is 11.7 Å². The fourth-order valence-electron chi connectivity index (χ4n) is 2.03. The van der Waals surface area contributed by atoms with Gasteiger partial charge < -0.3 is 15.0 Å². The molecule has 94 valence electrons. The van der Waals surface area contributed by atoms with Gasteiger partial charge in [0.05, 0.1) is 12.9 Å². The van der Waals surface area contributed by atoms with E-state index >= 15 is 0 Å². The number of imidazole rings is 1. The minimum Gasteiger partial charge on any atom is -0.461 e. The van der Waals surface area contributed by atoms with Crippen LogP contribution in [0.2, 0.25) is 0 Å². The van der Waals surface area contributed by atoms with E-state index in [4.69, 9.17) is 10.5 Å². The molecular formula is C12H19N3O2. The van der Waals surface area contributed by atoms with Crippen LogP contribution in [0.3, 0.4) is 0 Å². The lowest BCUT2D eigenvalue weighted by molar-refractivity contribution is 0.0521. The van der Waals surface area contributed by atoms with Crippen molar-refractivity contribution in [1.82, 2.24) is 9.55 Å². The second kappa shape index (κ2) is 4.77. The van der Waals surface area contributed by atoms with Gasteiger partial charge in [-0.2, -0.15) is 0 Å². The van der Waals surface area contributed by atoms with E-state index in [9.17, 15) is 4.79 Å². The largest absolute Gasteiger partial charge is 0.461 e. The Balaban J connectivity index is 2.10. The van der Waals surface area contributed by atoms with Gasteiger partial charge >= 0.3 is 5.97 Å². The fraction of sp³-hybridized carbons (Fsp3) is 0.667. The molecule has 1 aromatic rings. The van der Waals surface area contributed by atoms with E-state index in [0.717, 1.165) is 12.3 Å². The van der Waals surface area contributed by atoms with Gasteiger partial charge in [-0.15, -0.1) is 0 Å². The van der Waals surface area contributed by atoms with Crippen LogP contribution < -0.4 is 5.73 Å². The molecule has 0 bridgehead atoms. The summed E-state index contributed by atoms with van der Waals surface area (Å²) in [6, 6.07) is 0.290. The number of ether oxygens (including phenoxy) is 1. The van der Waals surface area contributed by atoms with Crippen LogP contribution in [0.1, 0.15) is 49.6 Å².